The summed E-state index contributed by atoms with van der Waals surface area (Å²) in [4.78, 5) is 12.7. The number of hydrogen-bond acceptors (Lipinski definition) is 2. The molecule has 1 amide bonds. The number of carbonyl (C=O) groups is 1. The van der Waals surface area contributed by atoms with Gasteiger partial charge < -0.3 is 10.6 Å². The van der Waals surface area contributed by atoms with Gasteiger partial charge in [0.1, 0.15) is 0 Å². The van der Waals surface area contributed by atoms with Gasteiger partial charge in [-0.2, -0.15) is 26.3 Å². The number of piperidine rings is 1. The molecule has 2 aromatic rings. The summed E-state index contributed by atoms with van der Waals surface area (Å²) in [6.07, 6.45) is -9.66. The van der Waals surface area contributed by atoms with Crippen molar-refractivity contribution in [1.82, 2.24) is 10.6 Å². The van der Waals surface area contributed by atoms with E-state index in [1.54, 1.807) is 12.1 Å². The summed E-state index contributed by atoms with van der Waals surface area (Å²) in [5.41, 5.74) is -3.12. The van der Waals surface area contributed by atoms with Gasteiger partial charge in [-0.15, -0.1) is 12.4 Å². The summed E-state index contributed by atoms with van der Waals surface area (Å²) in [5.74, 6) is -1.36. The quantitative estimate of drug-likeness (QED) is 0.464. The number of nitrogens with one attached hydrogen (secondary N) is 2. The SMILES string of the molecule is Cl.O=C(N[C@@H]1CCNC[C@H]1c1cc(Cl)cc(Cl)c1)c1cc(C(F)(F)F)cc(C(F)(F)F)c1. The summed E-state index contributed by atoms with van der Waals surface area (Å²) >= 11 is 12.1. The first-order valence-electron chi connectivity index (χ1n) is 9.11. The van der Waals surface area contributed by atoms with Crippen molar-refractivity contribution >= 4 is 41.5 Å². The molecule has 1 aliphatic rings. The fraction of sp³-hybridized carbons (Fsp3) is 0.350. The van der Waals surface area contributed by atoms with Gasteiger partial charge in [-0.05, 0) is 54.9 Å². The molecular formula is C20H17Cl3F6N2O. The van der Waals surface area contributed by atoms with Gasteiger partial charge >= 0.3 is 12.4 Å². The van der Waals surface area contributed by atoms with Gasteiger partial charge in [-0.3, -0.25) is 4.79 Å². The molecule has 0 radical (unpaired) electrons. The van der Waals surface area contributed by atoms with E-state index in [4.69, 9.17) is 23.2 Å². The summed E-state index contributed by atoms with van der Waals surface area (Å²) in [6, 6.07) is 5.09. The highest BCUT2D eigenvalue weighted by Crippen LogP contribution is 2.36. The van der Waals surface area contributed by atoms with Crippen molar-refractivity contribution in [3.05, 3.63) is 68.7 Å². The third-order valence-corrected chi connectivity index (χ3v) is 5.40. The van der Waals surface area contributed by atoms with E-state index in [0.717, 1.165) is 0 Å². The average molecular weight is 522 g/mol. The minimum absolute atomic E-state index is 0. The molecule has 2 aromatic carbocycles. The molecule has 0 bridgehead atoms. The van der Waals surface area contributed by atoms with Crippen LogP contribution in [0.3, 0.4) is 0 Å². The Hall–Kier alpha value is -1.68. The zero-order valence-corrected chi connectivity index (χ0v) is 18.4. The molecule has 1 saturated heterocycles. The Morgan fingerprint density at radius 3 is 1.94 bits per heavy atom. The second kappa shape index (κ2) is 10.1. The van der Waals surface area contributed by atoms with Crippen LogP contribution >= 0.6 is 35.6 Å². The Morgan fingerprint density at radius 2 is 1.44 bits per heavy atom. The molecule has 3 nitrogen and oxygen atoms in total. The monoisotopic (exact) mass is 520 g/mol. The van der Waals surface area contributed by atoms with E-state index in [0.29, 0.717) is 47.3 Å². The van der Waals surface area contributed by atoms with Crippen LogP contribution in [-0.2, 0) is 12.4 Å². The number of benzene rings is 2. The van der Waals surface area contributed by atoms with E-state index in [2.05, 4.69) is 10.6 Å². The highest BCUT2D eigenvalue weighted by Gasteiger charge is 2.38. The van der Waals surface area contributed by atoms with Crippen LogP contribution in [-0.4, -0.2) is 25.0 Å². The number of rotatable bonds is 3. The second-order valence-electron chi connectivity index (χ2n) is 7.18. The van der Waals surface area contributed by atoms with Crippen molar-refractivity contribution in [3.8, 4) is 0 Å². The van der Waals surface area contributed by atoms with Crippen LogP contribution in [0, 0.1) is 0 Å². The summed E-state index contributed by atoms with van der Waals surface area (Å²) in [6.45, 7) is 0.921. The third kappa shape index (κ3) is 6.43. The van der Waals surface area contributed by atoms with Crippen LogP contribution < -0.4 is 10.6 Å². The van der Waals surface area contributed by atoms with E-state index in [-0.39, 0.29) is 24.4 Å². The van der Waals surface area contributed by atoms with E-state index in [1.165, 1.54) is 6.07 Å². The Balaban J connectivity index is 0.00000363. The number of alkyl halides is 6. The van der Waals surface area contributed by atoms with Crippen molar-refractivity contribution in [2.24, 2.45) is 0 Å². The predicted molar refractivity (Wildman–Crippen MR) is 112 cm³/mol. The normalized spacial score (nSPS) is 19.2. The summed E-state index contributed by atoms with van der Waals surface area (Å²) < 4.78 is 78.5. The molecule has 12 heteroatoms. The molecule has 3 rings (SSSR count). The minimum Gasteiger partial charge on any atom is -0.349 e. The molecule has 0 saturated carbocycles. The topological polar surface area (TPSA) is 41.1 Å². The number of amides is 1. The van der Waals surface area contributed by atoms with Crippen LogP contribution in [0.25, 0.3) is 0 Å². The van der Waals surface area contributed by atoms with Crippen LogP contribution in [0.5, 0.6) is 0 Å². The van der Waals surface area contributed by atoms with Crippen molar-refractivity contribution in [2.45, 2.75) is 30.7 Å². The van der Waals surface area contributed by atoms with Gasteiger partial charge in [-0.1, -0.05) is 23.2 Å². The van der Waals surface area contributed by atoms with E-state index < -0.39 is 41.0 Å². The third-order valence-electron chi connectivity index (χ3n) is 4.96. The van der Waals surface area contributed by atoms with E-state index in [9.17, 15) is 31.1 Å². The summed E-state index contributed by atoms with van der Waals surface area (Å²) in [7, 11) is 0. The zero-order chi connectivity index (χ0) is 23.0. The van der Waals surface area contributed by atoms with Gasteiger partial charge in [-0.25, -0.2) is 0 Å². The number of hydrogen-bond donors (Lipinski definition) is 2. The molecular weight excluding hydrogens is 505 g/mol. The molecule has 0 aliphatic carbocycles. The maximum absolute atomic E-state index is 13.1. The molecule has 1 aliphatic heterocycles. The molecule has 176 valence electrons. The van der Waals surface area contributed by atoms with Gasteiger partial charge in [0.05, 0.1) is 11.1 Å². The standard InChI is InChI=1S/C20H16Cl2F6N2O.ClH/c21-14-5-10(6-15(22)8-14)16-9-29-2-1-17(16)30-18(31)11-3-12(19(23,24)25)7-13(4-11)20(26,27)28;/h3-8,16-17,29H,1-2,9H2,(H,30,31);1H/t16-,17+;/m0./s1. The smallest absolute Gasteiger partial charge is 0.349 e. The van der Waals surface area contributed by atoms with Crippen LogP contribution in [0.1, 0.15) is 39.4 Å². The minimum atomic E-state index is -5.04. The largest absolute Gasteiger partial charge is 0.416 e. The Labute approximate surface area is 195 Å². The van der Waals surface area contributed by atoms with E-state index in [1.807, 2.05) is 0 Å². The number of halogens is 9. The molecule has 1 fully saturated rings. The van der Waals surface area contributed by atoms with Gasteiger partial charge in [0.25, 0.3) is 5.91 Å². The molecule has 32 heavy (non-hydrogen) atoms. The molecule has 0 spiro atoms. The Kier molecular flexibility index (Phi) is 8.36. The van der Waals surface area contributed by atoms with Crippen LogP contribution in [0.15, 0.2) is 36.4 Å². The highest BCUT2D eigenvalue weighted by molar-refractivity contribution is 6.34. The Morgan fingerprint density at radius 1 is 0.906 bits per heavy atom. The predicted octanol–water partition coefficient (Wildman–Crippen LogP) is 6.33. The lowest BCUT2D eigenvalue weighted by Crippen LogP contribution is -2.48. The summed E-state index contributed by atoms with van der Waals surface area (Å²) in [5, 5.41) is 6.45. The van der Waals surface area contributed by atoms with Crippen LogP contribution in [0.4, 0.5) is 26.3 Å². The first kappa shape index (κ1) is 26.6. The lowest BCUT2D eigenvalue weighted by molar-refractivity contribution is -0.143. The number of carbonyl (C=O) groups excluding carboxylic acids is 1. The highest BCUT2D eigenvalue weighted by atomic mass is 35.5. The molecule has 1 heterocycles. The lowest BCUT2D eigenvalue weighted by atomic mass is 9.86. The van der Waals surface area contributed by atoms with Crippen molar-refractivity contribution < 1.29 is 31.1 Å². The van der Waals surface area contributed by atoms with Gasteiger partial charge in [0.2, 0.25) is 0 Å². The zero-order valence-electron chi connectivity index (χ0n) is 16.1. The van der Waals surface area contributed by atoms with E-state index >= 15 is 0 Å². The molecule has 0 unspecified atom stereocenters. The van der Waals surface area contributed by atoms with Crippen LogP contribution in [0.2, 0.25) is 10.0 Å². The molecule has 2 atom stereocenters. The molecule has 0 aromatic heterocycles. The first-order chi connectivity index (χ1) is 14.3. The lowest BCUT2D eigenvalue weighted by Gasteiger charge is -2.33. The van der Waals surface area contributed by atoms with Crippen molar-refractivity contribution in [3.63, 3.8) is 0 Å². The maximum atomic E-state index is 13.1. The van der Waals surface area contributed by atoms with Crippen molar-refractivity contribution in [2.75, 3.05) is 13.1 Å². The maximum Gasteiger partial charge on any atom is 0.416 e. The van der Waals surface area contributed by atoms with Crippen molar-refractivity contribution in [1.29, 1.82) is 0 Å². The average Bonchev–Trinajstić information content (AvgIpc) is 2.66. The second-order valence-corrected chi connectivity index (χ2v) is 8.05. The Bertz CT molecular complexity index is 928. The fourth-order valence-corrected chi connectivity index (χ4v) is 4.05. The first-order valence-corrected chi connectivity index (χ1v) is 9.87. The molecule has 2 N–H and O–H groups in total. The fourth-order valence-electron chi connectivity index (χ4n) is 3.51. The van der Waals surface area contributed by atoms with Gasteiger partial charge in [0, 0.05) is 34.1 Å². The van der Waals surface area contributed by atoms with Gasteiger partial charge in [0.15, 0.2) is 0 Å².